The van der Waals surface area contributed by atoms with E-state index in [2.05, 4.69) is 23.3 Å². The second-order valence-corrected chi connectivity index (χ2v) is 7.21. The van der Waals surface area contributed by atoms with E-state index in [1.807, 2.05) is 5.32 Å². The van der Waals surface area contributed by atoms with Crippen molar-refractivity contribution in [2.75, 3.05) is 5.75 Å². The van der Waals surface area contributed by atoms with Gasteiger partial charge in [-0.3, -0.25) is 28.8 Å². The summed E-state index contributed by atoms with van der Waals surface area (Å²) >= 11 is 3.84. The lowest BCUT2D eigenvalue weighted by atomic mass is 10.1. The van der Waals surface area contributed by atoms with Crippen LogP contribution < -0.4 is 27.4 Å². The van der Waals surface area contributed by atoms with Gasteiger partial charge in [-0.25, -0.2) is 4.79 Å². The van der Waals surface area contributed by atoms with E-state index in [4.69, 9.17) is 26.8 Å². The van der Waals surface area contributed by atoms with E-state index in [1.54, 1.807) is 0 Å². The molecule has 4 unspecified atom stereocenters. The van der Waals surface area contributed by atoms with Gasteiger partial charge < -0.3 is 42.7 Å². The molecule has 0 aromatic carbocycles. The summed E-state index contributed by atoms with van der Waals surface area (Å²) in [7, 11) is 0. The maximum absolute atomic E-state index is 12.6. The minimum Gasteiger partial charge on any atom is -0.481 e. The normalized spacial score (nSPS) is 14.1. The Labute approximate surface area is 193 Å². The van der Waals surface area contributed by atoms with Crippen LogP contribution >= 0.6 is 12.6 Å². The van der Waals surface area contributed by atoms with Crippen LogP contribution in [0.15, 0.2) is 0 Å². The molecule has 0 radical (unpaired) electrons. The summed E-state index contributed by atoms with van der Waals surface area (Å²) in [5.41, 5.74) is 10.6. The lowest BCUT2D eigenvalue weighted by Gasteiger charge is -2.24. The summed E-state index contributed by atoms with van der Waals surface area (Å²) in [6, 6.07) is -5.92. The van der Waals surface area contributed by atoms with Gasteiger partial charge in [0.15, 0.2) is 0 Å². The van der Waals surface area contributed by atoms with Gasteiger partial charge in [0.1, 0.15) is 18.1 Å². The lowest BCUT2D eigenvalue weighted by molar-refractivity contribution is -0.143. The highest BCUT2D eigenvalue weighted by molar-refractivity contribution is 7.80. The van der Waals surface area contributed by atoms with Crippen molar-refractivity contribution in [3.8, 4) is 0 Å². The van der Waals surface area contributed by atoms with Gasteiger partial charge in [-0.2, -0.15) is 12.6 Å². The second kappa shape index (κ2) is 14.6. The molecule has 0 aromatic heterocycles. The van der Waals surface area contributed by atoms with Crippen molar-refractivity contribution >= 4 is 54.2 Å². The van der Waals surface area contributed by atoms with Crippen LogP contribution in [0.25, 0.3) is 0 Å². The number of nitrogens with one attached hydrogen (secondary N) is 3. The fourth-order valence-electron chi connectivity index (χ4n) is 2.38. The molecule has 0 spiro atoms. The molecular formula is C17H27N5O10S. The number of carbonyl (C=O) groups excluding carboxylic acids is 4. The van der Waals surface area contributed by atoms with E-state index in [1.165, 1.54) is 0 Å². The first-order chi connectivity index (χ1) is 15.3. The van der Waals surface area contributed by atoms with Gasteiger partial charge in [-0.1, -0.05) is 0 Å². The molecule has 186 valence electrons. The summed E-state index contributed by atoms with van der Waals surface area (Å²) in [5, 5.41) is 33.0. The molecule has 10 N–H and O–H groups in total. The Morgan fingerprint density at radius 1 is 0.727 bits per heavy atom. The van der Waals surface area contributed by atoms with Crippen LogP contribution in [0, 0.1) is 0 Å². The summed E-state index contributed by atoms with van der Waals surface area (Å²) in [6.45, 7) is 0. The molecule has 33 heavy (non-hydrogen) atoms. The van der Waals surface area contributed by atoms with Crippen LogP contribution in [0.5, 0.6) is 0 Å². The van der Waals surface area contributed by atoms with E-state index < -0.39 is 97.8 Å². The van der Waals surface area contributed by atoms with E-state index in [0.717, 1.165) is 0 Å². The summed E-state index contributed by atoms with van der Waals surface area (Å²) in [4.78, 5) is 81.3. The highest BCUT2D eigenvalue weighted by Crippen LogP contribution is 2.04. The third-order valence-corrected chi connectivity index (χ3v) is 4.51. The smallest absolute Gasteiger partial charge is 0.326 e. The molecule has 0 aliphatic rings. The van der Waals surface area contributed by atoms with Crippen molar-refractivity contribution in [3.63, 3.8) is 0 Å². The first-order valence-electron chi connectivity index (χ1n) is 9.50. The molecule has 0 aliphatic carbocycles. The van der Waals surface area contributed by atoms with Crippen molar-refractivity contribution in [1.29, 1.82) is 0 Å². The Balaban J connectivity index is 5.53. The van der Waals surface area contributed by atoms with Gasteiger partial charge in [-0.05, 0) is 12.8 Å². The average molecular weight is 493 g/mol. The molecule has 0 saturated carbocycles. The number of hydrogen-bond donors (Lipinski definition) is 9. The fraction of sp³-hybridized carbons (Fsp3) is 0.588. The number of carboxylic acids is 3. The van der Waals surface area contributed by atoms with Gasteiger partial charge in [0, 0.05) is 18.6 Å². The molecule has 0 bridgehead atoms. The number of thiol groups is 1. The zero-order valence-electron chi connectivity index (χ0n) is 17.4. The molecule has 0 aromatic rings. The Morgan fingerprint density at radius 2 is 1.15 bits per heavy atom. The SMILES string of the molecule is NC(=O)CC(NC(=O)C(CCC(=O)O)NC(=O)C(N)CS)C(=O)NC(CCC(=O)O)C(=O)O. The molecule has 0 fully saturated rings. The summed E-state index contributed by atoms with van der Waals surface area (Å²) in [6.07, 6.45) is -2.77. The van der Waals surface area contributed by atoms with Crippen molar-refractivity contribution in [3.05, 3.63) is 0 Å². The zero-order valence-corrected chi connectivity index (χ0v) is 18.2. The molecule has 4 amide bonds. The molecule has 0 saturated heterocycles. The number of nitrogens with two attached hydrogens (primary N) is 2. The fourth-order valence-corrected chi connectivity index (χ4v) is 2.54. The van der Waals surface area contributed by atoms with Gasteiger partial charge in [0.25, 0.3) is 0 Å². The standard InChI is InChI=1S/C17H27N5O10S/c18-7(6-33)14(28)20-8(1-3-12(24)25)15(29)22-10(5-11(19)23)16(30)21-9(17(31)32)2-4-13(26)27/h7-10,33H,1-6,18H2,(H2,19,23)(H,20,28)(H,21,30)(H,22,29)(H,24,25)(H,26,27)(H,31,32). The average Bonchev–Trinajstić information content (AvgIpc) is 2.71. The molecule has 0 rings (SSSR count). The van der Waals surface area contributed by atoms with Crippen LogP contribution in [0.1, 0.15) is 32.1 Å². The van der Waals surface area contributed by atoms with E-state index in [-0.39, 0.29) is 5.75 Å². The maximum atomic E-state index is 12.6. The molecule has 0 aliphatic heterocycles. The van der Waals surface area contributed by atoms with Crippen molar-refractivity contribution < 1.29 is 48.9 Å². The molecule has 4 atom stereocenters. The highest BCUT2D eigenvalue weighted by atomic mass is 32.1. The third-order valence-electron chi connectivity index (χ3n) is 4.11. The van der Waals surface area contributed by atoms with Crippen LogP contribution in [-0.4, -0.2) is 86.8 Å². The van der Waals surface area contributed by atoms with Gasteiger partial charge >= 0.3 is 17.9 Å². The Morgan fingerprint density at radius 3 is 1.58 bits per heavy atom. The Bertz CT molecular complexity index is 777. The van der Waals surface area contributed by atoms with Crippen molar-refractivity contribution in [1.82, 2.24) is 16.0 Å². The topological polar surface area (TPSA) is 268 Å². The number of rotatable bonds is 16. The van der Waals surface area contributed by atoms with Crippen LogP contribution in [0.2, 0.25) is 0 Å². The van der Waals surface area contributed by atoms with Crippen molar-refractivity contribution in [2.45, 2.75) is 56.3 Å². The van der Waals surface area contributed by atoms with Crippen molar-refractivity contribution in [2.24, 2.45) is 11.5 Å². The van der Waals surface area contributed by atoms with E-state index in [0.29, 0.717) is 0 Å². The first kappa shape index (κ1) is 29.6. The minimum absolute atomic E-state index is 0.0846. The van der Waals surface area contributed by atoms with Gasteiger partial charge in [0.2, 0.25) is 23.6 Å². The highest BCUT2D eigenvalue weighted by Gasteiger charge is 2.31. The monoisotopic (exact) mass is 493 g/mol. The number of carbonyl (C=O) groups is 7. The molecular weight excluding hydrogens is 466 g/mol. The number of primary amides is 1. The third kappa shape index (κ3) is 12.3. The zero-order chi connectivity index (χ0) is 25.7. The molecule has 0 heterocycles. The van der Waals surface area contributed by atoms with Gasteiger partial charge in [0.05, 0.1) is 12.5 Å². The van der Waals surface area contributed by atoms with E-state index >= 15 is 0 Å². The Kier molecular flexibility index (Phi) is 13.1. The molecule has 15 nitrogen and oxygen atoms in total. The van der Waals surface area contributed by atoms with E-state index in [9.17, 15) is 33.6 Å². The second-order valence-electron chi connectivity index (χ2n) is 6.85. The van der Waals surface area contributed by atoms with Crippen LogP contribution in [0.4, 0.5) is 0 Å². The largest absolute Gasteiger partial charge is 0.481 e. The molecule has 16 heteroatoms. The maximum Gasteiger partial charge on any atom is 0.326 e. The lowest BCUT2D eigenvalue weighted by Crippen LogP contribution is -2.58. The predicted molar refractivity (Wildman–Crippen MR) is 113 cm³/mol. The van der Waals surface area contributed by atoms with Crippen LogP contribution in [0.3, 0.4) is 0 Å². The first-order valence-corrected chi connectivity index (χ1v) is 10.1. The number of carboxylic acid groups (broad SMARTS) is 3. The van der Waals surface area contributed by atoms with Gasteiger partial charge in [-0.15, -0.1) is 0 Å². The summed E-state index contributed by atoms with van der Waals surface area (Å²) < 4.78 is 0. The number of amides is 4. The number of hydrogen-bond acceptors (Lipinski definition) is 9. The Hall–Kier alpha value is -3.40. The number of aliphatic carboxylic acids is 3. The predicted octanol–water partition coefficient (Wildman–Crippen LogP) is -3.61. The summed E-state index contributed by atoms with van der Waals surface area (Å²) in [5.74, 6) is -8.32. The quantitative estimate of drug-likeness (QED) is 0.0947. The van der Waals surface area contributed by atoms with Crippen LogP contribution in [-0.2, 0) is 33.6 Å². The minimum atomic E-state index is -1.69.